The molecule has 2 aromatic heterocycles. The SMILES string of the molecule is O=C(Cc1ccccn1)c1cn(C2CNC2)nn1. The number of ketones is 1. The molecule has 6 heteroatoms. The molecule has 2 aromatic rings. The van der Waals surface area contributed by atoms with Crippen LogP contribution in [0, 0.1) is 0 Å². The van der Waals surface area contributed by atoms with Crippen LogP contribution in [-0.4, -0.2) is 38.9 Å². The number of Topliss-reactive ketones (excluding diaryl/α,β-unsaturated/α-hetero) is 1. The van der Waals surface area contributed by atoms with Crippen LogP contribution in [0.25, 0.3) is 0 Å². The number of carbonyl (C=O) groups excluding carboxylic acids is 1. The van der Waals surface area contributed by atoms with Crippen LogP contribution in [0.4, 0.5) is 0 Å². The third-order valence-corrected chi connectivity index (χ3v) is 3.00. The van der Waals surface area contributed by atoms with E-state index < -0.39 is 0 Å². The summed E-state index contributed by atoms with van der Waals surface area (Å²) in [7, 11) is 0. The first-order valence-electron chi connectivity index (χ1n) is 5.88. The lowest BCUT2D eigenvalue weighted by Gasteiger charge is -2.26. The van der Waals surface area contributed by atoms with Crippen LogP contribution >= 0.6 is 0 Å². The Morgan fingerprint density at radius 2 is 2.33 bits per heavy atom. The van der Waals surface area contributed by atoms with Crippen LogP contribution in [0.1, 0.15) is 22.2 Å². The van der Waals surface area contributed by atoms with E-state index in [1.165, 1.54) is 0 Å². The van der Waals surface area contributed by atoms with Crippen LogP contribution < -0.4 is 5.32 Å². The minimum Gasteiger partial charge on any atom is -0.312 e. The lowest BCUT2D eigenvalue weighted by atomic mass is 10.1. The van der Waals surface area contributed by atoms with Crippen molar-refractivity contribution >= 4 is 5.78 Å². The fourth-order valence-corrected chi connectivity index (χ4v) is 1.80. The molecule has 0 saturated carbocycles. The Bertz CT molecular complexity index is 547. The van der Waals surface area contributed by atoms with Gasteiger partial charge in [0.2, 0.25) is 0 Å². The zero-order valence-corrected chi connectivity index (χ0v) is 9.78. The molecule has 0 radical (unpaired) electrons. The zero-order chi connectivity index (χ0) is 12.4. The standard InChI is InChI=1S/C12H13N5O/c18-12(5-9-3-1-2-4-14-9)11-8-17(16-15-11)10-6-13-7-10/h1-4,8,10,13H,5-7H2. The van der Waals surface area contributed by atoms with Gasteiger partial charge in [-0.25, -0.2) is 4.68 Å². The van der Waals surface area contributed by atoms with Gasteiger partial charge < -0.3 is 5.32 Å². The van der Waals surface area contributed by atoms with E-state index in [2.05, 4.69) is 20.6 Å². The van der Waals surface area contributed by atoms with Crippen LogP contribution in [0.5, 0.6) is 0 Å². The highest BCUT2D eigenvalue weighted by Crippen LogP contribution is 2.11. The lowest BCUT2D eigenvalue weighted by Crippen LogP contribution is -2.43. The molecule has 18 heavy (non-hydrogen) atoms. The third kappa shape index (κ3) is 2.14. The predicted molar refractivity (Wildman–Crippen MR) is 64.2 cm³/mol. The van der Waals surface area contributed by atoms with Crippen molar-refractivity contribution in [1.82, 2.24) is 25.3 Å². The molecule has 1 aliphatic heterocycles. The molecule has 0 atom stereocenters. The van der Waals surface area contributed by atoms with E-state index in [9.17, 15) is 4.79 Å². The van der Waals surface area contributed by atoms with E-state index in [0.717, 1.165) is 18.8 Å². The largest absolute Gasteiger partial charge is 0.312 e. The summed E-state index contributed by atoms with van der Waals surface area (Å²) < 4.78 is 1.75. The fraction of sp³-hybridized carbons (Fsp3) is 0.333. The maximum atomic E-state index is 12.0. The average Bonchev–Trinajstić information content (AvgIpc) is 2.77. The number of nitrogens with one attached hydrogen (secondary N) is 1. The van der Waals surface area contributed by atoms with Crippen molar-refractivity contribution < 1.29 is 4.79 Å². The van der Waals surface area contributed by atoms with Gasteiger partial charge in [-0.05, 0) is 12.1 Å². The van der Waals surface area contributed by atoms with Gasteiger partial charge >= 0.3 is 0 Å². The third-order valence-electron chi connectivity index (χ3n) is 3.00. The zero-order valence-electron chi connectivity index (χ0n) is 9.78. The summed E-state index contributed by atoms with van der Waals surface area (Å²) >= 11 is 0. The topological polar surface area (TPSA) is 72.7 Å². The Balaban J connectivity index is 1.70. The highest BCUT2D eigenvalue weighted by Gasteiger charge is 2.21. The van der Waals surface area contributed by atoms with Crippen molar-refractivity contribution in [3.8, 4) is 0 Å². The van der Waals surface area contributed by atoms with Crippen molar-refractivity contribution in [2.45, 2.75) is 12.5 Å². The molecule has 0 bridgehead atoms. The van der Waals surface area contributed by atoms with Gasteiger partial charge in [0, 0.05) is 25.0 Å². The van der Waals surface area contributed by atoms with Crippen molar-refractivity contribution in [3.63, 3.8) is 0 Å². The molecule has 1 saturated heterocycles. The van der Waals surface area contributed by atoms with Gasteiger partial charge in [0.25, 0.3) is 0 Å². The van der Waals surface area contributed by atoms with Crippen LogP contribution in [0.3, 0.4) is 0 Å². The highest BCUT2D eigenvalue weighted by molar-refractivity contribution is 5.95. The van der Waals surface area contributed by atoms with Gasteiger partial charge in [-0.1, -0.05) is 11.3 Å². The number of carbonyl (C=O) groups is 1. The summed E-state index contributed by atoms with van der Waals surface area (Å²) in [5.41, 5.74) is 1.16. The van der Waals surface area contributed by atoms with Gasteiger partial charge in [-0.15, -0.1) is 5.10 Å². The van der Waals surface area contributed by atoms with Gasteiger partial charge in [0.05, 0.1) is 18.7 Å². The van der Waals surface area contributed by atoms with E-state index in [1.54, 1.807) is 17.1 Å². The molecule has 6 nitrogen and oxygen atoms in total. The minimum absolute atomic E-state index is 0.0489. The summed E-state index contributed by atoms with van der Waals surface area (Å²) in [6.07, 6.45) is 3.67. The van der Waals surface area contributed by atoms with Crippen LogP contribution in [-0.2, 0) is 6.42 Å². The average molecular weight is 243 g/mol. The Hall–Kier alpha value is -2.08. The van der Waals surface area contributed by atoms with Crippen molar-refractivity contribution in [2.75, 3.05) is 13.1 Å². The van der Waals surface area contributed by atoms with E-state index in [0.29, 0.717) is 11.7 Å². The Morgan fingerprint density at radius 1 is 1.44 bits per heavy atom. The number of hydrogen-bond acceptors (Lipinski definition) is 5. The summed E-state index contributed by atoms with van der Waals surface area (Å²) in [6, 6.07) is 5.85. The molecule has 0 amide bonds. The second-order valence-electron chi connectivity index (χ2n) is 4.32. The van der Waals surface area contributed by atoms with Gasteiger partial charge in [0.1, 0.15) is 5.69 Å². The maximum absolute atomic E-state index is 12.0. The van der Waals surface area contributed by atoms with Crippen LogP contribution in [0.2, 0.25) is 0 Å². The van der Waals surface area contributed by atoms with Gasteiger partial charge in [0.15, 0.2) is 5.78 Å². The molecule has 1 aliphatic rings. The first-order chi connectivity index (χ1) is 8.83. The molecule has 3 rings (SSSR count). The van der Waals surface area contributed by atoms with E-state index in [4.69, 9.17) is 0 Å². The first-order valence-corrected chi connectivity index (χ1v) is 5.88. The number of nitrogens with zero attached hydrogens (tertiary/aromatic N) is 4. The van der Waals surface area contributed by atoms with Crippen molar-refractivity contribution in [2.24, 2.45) is 0 Å². The molecule has 92 valence electrons. The molecule has 3 heterocycles. The summed E-state index contributed by atoms with van der Waals surface area (Å²) in [4.78, 5) is 16.1. The lowest BCUT2D eigenvalue weighted by molar-refractivity contribution is 0.0987. The first kappa shape index (κ1) is 11.0. The smallest absolute Gasteiger partial charge is 0.190 e. The summed E-state index contributed by atoms with van der Waals surface area (Å²) in [5, 5.41) is 11.1. The summed E-state index contributed by atoms with van der Waals surface area (Å²) in [6.45, 7) is 1.77. The Morgan fingerprint density at radius 3 is 3.00 bits per heavy atom. The number of hydrogen-bond donors (Lipinski definition) is 1. The summed E-state index contributed by atoms with van der Waals surface area (Å²) in [5.74, 6) is -0.0489. The van der Waals surface area contributed by atoms with Crippen molar-refractivity contribution in [3.05, 3.63) is 42.0 Å². The highest BCUT2D eigenvalue weighted by atomic mass is 16.1. The minimum atomic E-state index is -0.0489. The van der Waals surface area contributed by atoms with E-state index in [1.807, 2.05) is 18.2 Å². The molecular weight excluding hydrogens is 230 g/mol. The van der Waals surface area contributed by atoms with Gasteiger partial charge in [-0.2, -0.15) is 0 Å². The Labute approximate surface area is 104 Å². The van der Waals surface area contributed by atoms with Crippen molar-refractivity contribution in [1.29, 1.82) is 0 Å². The number of rotatable bonds is 4. The second kappa shape index (κ2) is 4.66. The number of aromatic nitrogens is 4. The maximum Gasteiger partial charge on any atom is 0.190 e. The Kier molecular flexibility index (Phi) is 2.85. The molecule has 1 N–H and O–H groups in total. The van der Waals surface area contributed by atoms with Gasteiger partial charge in [-0.3, -0.25) is 9.78 Å². The quantitative estimate of drug-likeness (QED) is 0.779. The normalized spacial score (nSPS) is 15.3. The molecule has 0 aliphatic carbocycles. The van der Waals surface area contributed by atoms with E-state index in [-0.39, 0.29) is 12.2 Å². The number of pyridine rings is 1. The van der Waals surface area contributed by atoms with Crippen LogP contribution in [0.15, 0.2) is 30.6 Å². The molecular formula is C12H13N5O. The molecule has 0 aromatic carbocycles. The molecule has 0 spiro atoms. The van der Waals surface area contributed by atoms with E-state index >= 15 is 0 Å². The monoisotopic (exact) mass is 243 g/mol. The fourth-order valence-electron chi connectivity index (χ4n) is 1.80. The molecule has 0 unspecified atom stereocenters. The molecule has 1 fully saturated rings. The second-order valence-corrected chi connectivity index (χ2v) is 4.32. The predicted octanol–water partition coefficient (Wildman–Crippen LogP) is 0.243.